The highest BCUT2D eigenvalue weighted by Gasteiger charge is 2.12. The van der Waals surface area contributed by atoms with Crippen LogP contribution >= 0.6 is 0 Å². The fraction of sp³-hybridized carbons (Fsp3) is 0.214. The number of fused-ring (bicyclic) bond motifs is 1. The molecule has 3 aromatic rings. The van der Waals surface area contributed by atoms with Crippen LogP contribution < -0.4 is 10.5 Å². The van der Waals surface area contributed by atoms with Crippen molar-refractivity contribution in [1.82, 2.24) is 19.5 Å². The molecule has 0 aliphatic carbocycles. The van der Waals surface area contributed by atoms with E-state index in [2.05, 4.69) is 15.0 Å². The van der Waals surface area contributed by atoms with Gasteiger partial charge in [-0.3, -0.25) is 9.55 Å². The normalized spacial score (nSPS) is 10.9. The summed E-state index contributed by atoms with van der Waals surface area (Å²) in [6.45, 7) is 2.56. The molecular formula is C14H15N5O. The number of anilines is 1. The Balaban J connectivity index is 2.11. The van der Waals surface area contributed by atoms with Gasteiger partial charge in [-0.25, -0.2) is 4.98 Å². The maximum Gasteiger partial charge on any atom is 0.215 e. The van der Waals surface area contributed by atoms with Crippen molar-refractivity contribution in [2.75, 3.05) is 12.8 Å². The zero-order chi connectivity index (χ0) is 14.1. The Hall–Kier alpha value is -2.63. The topological polar surface area (TPSA) is 78.9 Å². The number of nitrogens with two attached hydrogens (primary N) is 1. The number of methoxy groups -OCH3 is 1. The number of pyridine rings is 2. The molecule has 6 nitrogen and oxygen atoms in total. The fourth-order valence-electron chi connectivity index (χ4n) is 2.11. The molecule has 3 heterocycles. The maximum atomic E-state index is 5.99. The van der Waals surface area contributed by atoms with Gasteiger partial charge in [0.1, 0.15) is 5.52 Å². The van der Waals surface area contributed by atoms with Gasteiger partial charge in [0, 0.05) is 12.3 Å². The molecule has 0 bridgehead atoms. The first-order chi connectivity index (χ1) is 9.69. The smallest absolute Gasteiger partial charge is 0.215 e. The van der Waals surface area contributed by atoms with Crippen LogP contribution in [0.15, 0.2) is 30.5 Å². The minimum Gasteiger partial charge on any atom is -0.481 e. The zero-order valence-electron chi connectivity index (χ0n) is 11.4. The van der Waals surface area contributed by atoms with E-state index < -0.39 is 0 Å². The summed E-state index contributed by atoms with van der Waals surface area (Å²) in [5.41, 5.74) is 9.49. The van der Waals surface area contributed by atoms with Crippen molar-refractivity contribution in [1.29, 1.82) is 0 Å². The lowest BCUT2D eigenvalue weighted by Crippen LogP contribution is -2.08. The summed E-state index contributed by atoms with van der Waals surface area (Å²) in [5.74, 6) is 0.960. The summed E-state index contributed by atoms with van der Waals surface area (Å²) < 4.78 is 6.99. The van der Waals surface area contributed by atoms with Crippen molar-refractivity contribution >= 4 is 17.1 Å². The van der Waals surface area contributed by atoms with Gasteiger partial charge < -0.3 is 10.5 Å². The van der Waals surface area contributed by atoms with Crippen LogP contribution in [0.2, 0.25) is 0 Å². The van der Waals surface area contributed by atoms with Crippen LogP contribution in [0.1, 0.15) is 11.3 Å². The number of aromatic nitrogens is 4. The third kappa shape index (κ3) is 2.05. The Morgan fingerprint density at radius 3 is 2.85 bits per heavy atom. The summed E-state index contributed by atoms with van der Waals surface area (Å²) in [6, 6.07) is 7.55. The van der Waals surface area contributed by atoms with Gasteiger partial charge in [-0.05, 0) is 24.6 Å². The van der Waals surface area contributed by atoms with E-state index in [1.807, 2.05) is 29.7 Å². The van der Waals surface area contributed by atoms with Crippen LogP contribution in [0.3, 0.4) is 0 Å². The molecule has 102 valence electrons. The number of hydrogen-bond acceptors (Lipinski definition) is 5. The Bertz CT molecular complexity index is 765. The zero-order valence-corrected chi connectivity index (χ0v) is 11.4. The molecule has 2 N–H and O–H groups in total. The molecule has 0 aliphatic rings. The van der Waals surface area contributed by atoms with Crippen LogP contribution in [-0.2, 0) is 6.54 Å². The average Bonchev–Trinajstić information content (AvgIpc) is 2.77. The number of ether oxygens (including phenoxy) is 1. The molecule has 3 rings (SSSR count). The van der Waals surface area contributed by atoms with Gasteiger partial charge >= 0.3 is 0 Å². The van der Waals surface area contributed by atoms with Crippen molar-refractivity contribution in [3.05, 3.63) is 41.7 Å². The molecule has 0 amide bonds. The van der Waals surface area contributed by atoms with Gasteiger partial charge in [0.2, 0.25) is 11.8 Å². The van der Waals surface area contributed by atoms with Crippen LogP contribution in [0.25, 0.3) is 11.2 Å². The van der Waals surface area contributed by atoms with E-state index in [1.165, 1.54) is 0 Å². The summed E-state index contributed by atoms with van der Waals surface area (Å²) in [4.78, 5) is 13.1. The largest absolute Gasteiger partial charge is 0.481 e. The number of rotatable bonds is 3. The maximum absolute atomic E-state index is 5.99. The molecule has 0 atom stereocenters. The van der Waals surface area contributed by atoms with Crippen molar-refractivity contribution in [3.8, 4) is 5.88 Å². The highest BCUT2D eigenvalue weighted by Crippen LogP contribution is 2.20. The molecule has 6 heteroatoms. The second-order valence-electron chi connectivity index (χ2n) is 4.52. The van der Waals surface area contributed by atoms with Gasteiger partial charge in [-0.15, -0.1) is 0 Å². The third-order valence-electron chi connectivity index (χ3n) is 3.23. The lowest BCUT2D eigenvalue weighted by atomic mass is 10.2. The SMILES string of the molecule is COc1ccc2nc(N)n(Cc3ncccc3C)c2n1. The molecular weight excluding hydrogens is 254 g/mol. The molecule has 0 radical (unpaired) electrons. The van der Waals surface area contributed by atoms with Crippen LogP contribution in [-0.4, -0.2) is 26.6 Å². The monoisotopic (exact) mass is 269 g/mol. The number of nitrogen functional groups attached to an aromatic ring is 1. The highest BCUT2D eigenvalue weighted by molar-refractivity contribution is 5.74. The van der Waals surface area contributed by atoms with Crippen LogP contribution in [0, 0.1) is 6.92 Å². The first kappa shape index (κ1) is 12.4. The number of hydrogen-bond donors (Lipinski definition) is 1. The molecule has 20 heavy (non-hydrogen) atoms. The number of imidazole rings is 1. The number of nitrogens with zero attached hydrogens (tertiary/aromatic N) is 4. The Morgan fingerprint density at radius 1 is 1.25 bits per heavy atom. The molecule has 0 saturated carbocycles. The van der Waals surface area contributed by atoms with E-state index in [0.717, 1.165) is 16.8 Å². The van der Waals surface area contributed by atoms with E-state index in [4.69, 9.17) is 10.5 Å². The van der Waals surface area contributed by atoms with Gasteiger partial charge in [-0.1, -0.05) is 6.07 Å². The van der Waals surface area contributed by atoms with Gasteiger partial charge in [0.05, 0.1) is 19.3 Å². The summed E-state index contributed by atoms with van der Waals surface area (Å²) >= 11 is 0. The molecule has 0 aromatic carbocycles. The summed E-state index contributed by atoms with van der Waals surface area (Å²) in [6.07, 6.45) is 1.77. The molecule has 0 fully saturated rings. The van der Waals surface area contributed by atoms with Gasteiger partial charge in [-0.2, -0.15) is 4.98 Å². The lowest BCUT2D eigenvalue weighted by molar-refractivity contribution is 0.399. The van der Waals surface area contributed by atoms with E-state index in [1.54, 1.807) is 19.4 Å². The second kappa shape index (κ2) is 4.80. The first-order valence-electron chi connectivity index (χ1n) is 6.26. The van der Waals surface area contributed by atoms with Crippen molar-refractivity contribution in [2.45, 2.75) is 13.5 Å². The van der Waals surface area contributed by atoms with Gasteiger partial charge in [0.25, 0.3) is 0 Å². The molecule has 0 aliphatic heterocycles. The minimum absolute atomic E-state index is 0.422. The molecule has 0 spiro atoms. The molecule has 0 saturated heterocycles. The fourth-order valence-corrected chi connectivity index (χ4v) is 2.11. The van der Waals surface area contributed by atoms with Crippen molar-refractivity contribution in [3.63, 3.8) is 0 Å². The van der Waals surface area contributed by atoms with Crippen molar-refractivity contribution in [2.24, 2.45) is 0 Å². The Morgan fingerprint density at radius 2 is 2.10 bits per heavy atom. The average molecular weight is 269 g/mol. The van der Waals surface area contributed by atoms with E-state index in [-0.39, 0.29) is 0 Å². The Labute approximate surface area is 116 Å². The second-order valence-corrected chi connectivity index (χ2v) is 4.52. The van der Waals surface area contributed by atoms with Crippen LogP contribution in [0.5, 0.6) is 5.88 Å². The van der Waals surface area contributed by atoms with E-state index in [9.17, 15) is 0 Å². The quantitative estimate of drug-likeness (QED) is 0.784. The van der Waals surface area contributed by atoms with E-state index in [0.29, 0.717) is 24.0 Å². The molecule has 0 unspecified atom stereocenters. The van der Waals surface area contributed by atoms with Gasteiger partial charge in [0.15, 0.2) is 5.65 Å². The predicted molar refractivity (Wildman–Crippen MR) is 76.6 cm³/mol. The first-order valence-corrected chi connectivity index (χ1v) is 6.26. The Kier molecular flexibility index (Phi) is 2.98. The summed E-state index contributed by atoms with van der Waals surface area (Å²) in [7, 11) is 1.58. The number of aryl methyl sites for hydroxylation is 1. The predicted octanol–water partition coefficient (Wildman–Crippen LogP) is 1.77. The highest BCUT2D eigenvalue weighted by atomic mass is 16.5. The third-order valence-corrected chi connectivity index (χ3v) is 3.23. The summed E-state index contributed by atoms with van der Waals surface area (Å²) in [5, 5.41) is 0. The van der Waals surface area contributed by atoms with E-state index >= 15 is 0 Å². The molecule has 3 aromatic heterocycles. The lowest BCUT2D eigenvalue weighted by Gasteiger charge is -2.08. The standard InChI is InChI=1S/C14H15N5O/c1-9-4-3-7-16-11(9)8-19-13-10(17-14(19)15)5-6-12(18-13)20-2/h3-7H,8H2,1-2H3,(H2,15,17). The minimum atomic E-state index is 0.422. The van der Waals surface area contributed by atoms with Crippen molar-refractivity contribution < 1.29 is 4.74 Å². The van der Waals surface area contributed by atoms with Crippen LogP contribution in [0.4, 0.5) is 5.95 Å².